The van der Waals surface area contributed by atoms with Gasteiger partial charge in [-0.05, 0) is 45.0 Å². The molecule has 4 nitrogen and oxygen atoms in total. The first kappa shape index (κ1) is 17.0. The van der Waals surface area contributed by atoms with Crippen LogP contribution in [0.15, 0.2) is 24.3 Å². The van der Waals surface area contributed by atoms with Gasteiger partial charge in [0.05, 0.1) is 0 Å². The molecule has 1 heterocycles. The zero-order valence-corrected chi connectivity index (χ0v) is 14.3. The zero-order valence-electron chi connectivity index (χ0n) is 14.3. The van der Waals surface area contributed by atoms with Gasteiger partial charge in [0.15, 0.2) is 0 Å². The minimum Gasteiger partial charge on any atom is -0.333 e. The number of benzene rings is 1. The molecule has 0 radical (unpaired) electrons. The summed E-state index contributed by atoms with van der Waals surface area (Å²) in [6.07, 6.45) is 0. The van der Waals surface area contributed by atoms with E-state index in [9.17, 15) is 4.79 Å². The second kappa shape index (κ2) is 7.75. The third kappa shape index (κ3) is 4.08. The van der Waals surface area contributed by atoms with E-state index in [1.165, 1.54) is 5.56 Å². The fourth-order valence-corrected chi connectivity index (χ4v) is 2.96. The van der Waals surface area contributed by atoms with Gasteiger partial charge in [-0.3, -0.25) is 9.69 Å². The lowest BCUT2D eigenvalue weighted by molar-refractivity contribution is 0.0655. The van der Waals surface area contributed by atoms with Crippen LogP contribution in [-0.2, 0) is 6.54 Å². The summed E-state index contributed by atoms with van der Waals surface area (Å²) < 4.78 is 0. The topological polar surface area (TPSA) is 35.6 Å². The maximum absolute atomic E-state index is 12.6. The molecule has 1 aliphatic rings. The highest BCUT2D eigenvalue weighted by Gasteiger charge is 2.23. The van der Waals surface area contributed by atoms with Gasteiger partial charge in [-0.25, -0.2) is 0 Å². The molecule has 1 N–H and O–H groups in total. The number of nitrogens with one attached hydrogen (secondary N) is 1. The molecule has 1 saturated heterocycles. The molecule has 0 aliphatic carbocycles. The average molecular weight is 303 g/mol. The lowest BCUT2D eigenvalue weighted by atomic mass is 10.1. The number of carbonyl (C=O) groups is 1. The monoisotopic (exact) mass is 303 g/mol. The molecule has 122 valence electrons. The van der Waals surface area contributed by atoms with Gasteiger partial charge in [0.25, 0.3) is 5.91 Å². The van der Waals surface area contributed by atoms with Crippen LogP contribution in [0.3, 0.4) is 0 Å². The number of nitrogens with zero attached hydrogens (tertiary/aromatic N) is 2. The molecule has 1 amide bonds. The van der Waals surface area contributed by atoms with E-state index in [1.807, 2.05) is 17.0 Å². The standard InChI is InChI=1S/C18H29N3O/c1-5-20(14(2)3)13-16-6-8-17(9-7-16)18(22)21-11-10-19-12-15(21)4/h6-9,14-15,19H,5,10-13H2,1-4H3/t15-/m1/s1. The van der Waals surface area contributed by atoms with Gasteiger partial charge in [0.2, 0.25) is 0 Å². The summed E-state index contributed by atoms with van der Waals surface area (Å²) in [6.45, 7) is 13.2. The van der Waals surface area contributed by atoms with Crippen LogP contribution in [0.1, 0.15) is 43.6 Å². The van der Waals surface area contributed by atoms with Crippen LogP contribution in [0.25, 0.3) is 0 Å². The van der Waals surface area contributed by atoms with Crippen molar-refractivity contribution in [1.29, 1.82) is 0 Å². The summed E-state index contributed by atoms with van der Waals surface area (Å²) in [5.41, 5.74) is 2.06. The number of hydrogen-bond donors (Lipinski definition) is 1. The van der Waals surface area contributed by atoms with Gasteiger partial charge in [-0.2, -0.15) is 0 Å². The Bertz CT molecular complexity index is 484. The van der Waals surface area contributed by atoms with Crippen LogP contribution in [-0.4, -0.2) is 54.0 Å². The van der Waals surface area contributed by atoms with E-state index in [1.54, 1.807) is 0 Å². The third-order valence-electron chi connectivity index (χ3n) is 4.49. The van der Waals surface area contributed by atoms with Crippen molar-refractivity contribution in [3.8, 4) is 0 Å². The molecule has 0 unspecified atom stereocenters. The fraction of sp³-hybridized carbons (Fsp3) is 0.611. The summed E-state index contributed by atoms with van der Waals surface area (Å²) >= 11 is 0. The molecule has 2 rings (SSSR count). The summed E-state index contributed by atoms with van der Waals surface area (Å²) in [4.78, 5) is 17.0. The minimum absolute atomic E-state index is 0.150. The van der Waals surface area contributed by atoms with Crippen molar-refractivity contribution in [3.05, 3.63) is 35.4 Å². The third-order valence-corrected chi connectivity index (χ3v) is 4.49. The smallest absolute Gasteiger partial charge is 0.254 e. The van der Waals surface area contributed by atoms with Crippen molar-refractivity contribution in [2.75, 3.05) is 26.2 Å². The summed E-state index contributed by atoms with van der Waals surface area (Å²) in [7, 11) is 0. The highest BCUT2D eigenvalue weighted by atomic mass is 16.2. The van der Waals surface area contributed by atoms with Crippen LogP contribution in [0.5, 0.6) is 0 Å². The molecular weight excluding hydrogens is 274 g/mol. The minimum atomic E-state index is 0.150. The van der Waals surface area contributed by atoms with Gasteiger partial charge < -0.3 is 10.2 Å². The first-order valence-electron chi connectivity index (χ1n) is 8.37. The Balaban J connectivity index is 2.03. The highest BCUT2D eigenvalue weighted by Crippen LogP contribution is 2.13. The van der Waals surface area contributed by atoms with E-state index in [2.05, 4.69) is 50.0 Å². The maximum Gasteiger partial charge on any atom is 0.254 e. The van der Waals surface area contributed by atoms with E-state index in [0.717, 1.165) is 38.3 Å². The van der Waals surface area contributed by atoms with E-state index in [0.29, 0.717) is 6.04 Å². The summed E-state index contributed by atoms with van der Waals surface area (Å²) in [5.74, 6) is 0.150. The van der Waals surface area contributed by atoms with E-state index < -0.39 is 0 Å². The Labute approximate surface area is 134 Å². The predicted molar refractivity (Wildman–Crippen MR) is 91.0 cm³/mol. The average Bonchev–Trinajstić information content (AvgIpc) is 2.52. The number of piperazine rings is 1. The van der Waals surface area contributed by atoms with Crippen LogP contribution in [0.2, 0.25) is 0 Å². The van der Waals surface area contributed by atoms with Gasteiger partial charge >= 0.3 is 0 Å². The molecule has 22 heavy (non-hydrogen) atoms. The van der Waals surface area contributed by atoms with Crippen molar-refractivity contribution in [3.63, 3.8) is 0 Å². The highest BCUT2D eigenvalue weighted by molar-refractivity contribution is 5.94. The Morgan fingerprint density at radius 3 is 2.59 bits per heavy atom. The summed E-state index contributed by atoms with van der Waals surface area (Å²) in [6, 6.07) is 8.92. The Morgan fingerprint density at radius 2 is 2.05 bits per heavy atom. The van der Waals surface area contributed by atoms with E-state index >= 15 is 0 Å². The molecule has 0 aromatic heterocycles. The predicted octanol–water partition coefficient (Wildman–Crippen LogP) is 2.35. The number of amides is 1. The molecule has 0 bridgehead atoms. The lowest BCUT2D eigenvalue weighted by Gasteiger charge is -2.34. The summed E-state index contributed by atoms with van der Waals surface area (Å²) in [5, 5.41) is 3.32. The van der Waals surface area contributed by atoms with Gasteiger partial charge in [-0.1, -0.05) is 19.1 Å². The molecule has 1 aromatic rings. The van der Waals surface area contributed by atoms with Gasteiger partial charge in [0, 0.05) is 43.8 Å². The van der Waals surface area contributed by atoms with Crippen LogP contribution in [0, 0.1) is 0 Å². The molecule has 1 fully saturated rings. The maximum atomic E-state index is 12.6. The SMILES string of the molecule is CCN(Cc1ccc(C(=O)N2CCNC[C@H]2C)cc1)C(C)C. The van der Waals surface area contributed by atoms with Crippen LogP contribution < -0.4 is 5.32 Å². The van der Waals surface area contributed by atoms with Gasteiger partial charge in [-0.15, -0.1) is 0 Å². The zero-order chi connectivity index (χ0) is 16.1. The van der Waals surface area contributed by atoms with E-state index in [-0.39, 0.29) is 11.9 Å². The van der Waals surface area contributed by atoms with Crippen LogP contribution in [0.4, 0.5) is 0 Å². The Morgan fingerprint density at radius 1 is 1.36 bits per heavy atom. The fourth-order valence-electron chi connectivity index (χ4n) is 2.96. The molecule has 0 spiro atoms. The normalized spacial score (nSPS) is 19.0. The number of carbonyl (C=O) groups excluding carboxylic acids is 1. The first-order valence-corrected chi connectivity index (χ1v) is 8.37. The van der Waals surface area contributed by atoms with E-state index in [4.69, 9.17) is 0 Å². The molecule has 4 heteroatoms. The second-order valence-electron chi connectivity index (χ2n) is 6.41. The first-order chi connectivity index (χ1) is 10.5. The molecule has 1 aromatic carbocycles. The molecule has 1 atom stereocenters. The quantitative estimate of drug-likeness (QED) is 0.907. The number of rotatable bonds is 5. The molecule has 0 saturated carbocycles. The molecule has 1 aliphatic heterocycles. The van der Waals surface area contributed by atoms with Crippen molar-refractivity contribution in [2.45, 2.75) is 46.3 Å². The Kier molecular flexibility index (Phi) is 5.98. The van der Waals surface area contributed by atoms with Crippen molar-refractivity contribution in [1.82, 2.24) is 15.1 Å². The second-order valence-corrected chi connectivity index (χ2v) is 6.41. The van der Waals surface area contributed by atoms with Crippen molar-refractivity contribution < 1.29 is 4.79 Å². The van der Waals surface area contributed by atoms with Crippen LogP contribution >= 0.6 is 0 Å². The van der Waals surface area contributed by atoms with Crippen molar-refractivity contribution in [2.24, 2.45) is 0 Å². The largest absolute Gasteiger partial charge is 0.333 e. The van der Waals surface area contributed by atoms with Crippen molar-refractivity contribution >= 4 is 5.91 Å². The Hall–Kier alpha value is -1.39. The lowest BCUT2D eigenvalue weighted by Crippen LogP contribution is -2.52. The van der Waals surface area contributed by atoms with Gasteiger partial charge in [0.1, 0.15) is 0 Å². The number of hydrogen-bond acceptors (Lipinski definition) is 3. The molecular formula is C18H29N3O.